The molecule has 3 nitrogen and oxygen atoms in total. The van der Waals surface area contributed by atoms with Crippen LogP contribution in [0.4, 0.5) is 0 Å². The predicted molar refractivity (Wildman–Crippen MR) is 68.5 cm³/mol. The minimum absolute atomic E-state index is 0.353. The summed E-state index contributed by atoms with van der Waals surface area (Å²) in [6, 6.07) is 1.51. The molecule has 0 spiro atoms. The Labute approximate surface area is 100.0 Å². The van der Waals surface area contributed by atoms with Crippen LogP contribution in [0.5, 0.6) is 0 Å². The molecule has 0 aromatic rings. The maximum absolute atomic E-state index is 5.78. The molecule has 2 fully saturated rings. The van der Waals surface area contributed by atoms with Gasteiger partial charge < -0.3 is 10.6 Å². The Morgan fingerprint density at radius 3 is 2.56 bits per heavy atom. The third kappa shape index (κ3) is 2.58. The number of hydrogen-bond donors (Lipinski definition) is 1. The smallest absolute Gasteiger partial charge is 0.0243 e. The molecular weight excluding hydrogens is 198 g/mol. The molecule has 1 heterocycles. The van der Waals surface area contributed by atoms with Crippen LogP contribution in [0.3, 0.4) is 0 Å². The van der Waals surface area contributed by atoms with Crippen LogP contribution in [-0.2, 0) is 0 Å². The number of likely N-dealkylation sites (N-methyl/N-ethyl adjacent to an activating group) is 1. The van der Waals surface area contributed by atoms with Gasteiger partial charge in [-0.3, -0.25) is 4.90 Å². The van der Waals surface area contributed by atoms with E-state index in [1.54, 1.807) is 0 Å². The molecular formula is C13H27N3. The summed E-state index contributed by atoms with van der Waals surface area (Å²) in [6.07, 6.45) is 5.22. The van der Waals surface area contributed by atoms with Gasteiger partial charge in [0.25, 0.3) is 0 Å². The lowest BCUT2D eigenvalue weighted by Gasteiger charge is -2.42. The first kappa shape index (κ1) is 12.3. The second kappa shape index (κ2) is 4.63. The van der Waals surface area contributed by atoms with Crippen molar-refractivity contribution in [3.05, 3.63) is 0 Å². The molecule has 0 bridgehead atoms. The Morgan fingerprint density at radius 2 is 2.00 bits per heavy atom. The summed E-state index contributed by atoms with van der Waals surface area (Å²) in [5.41, 5.74) is 6.13. The summed E-state index contributed by atoms with van der Waals surface area (Å²) in [6.45, 7) is 8.05. The molecule has 2 N–H and O–H groups in total. The van der Waals surface area contributed by atoms with Gasteiger partial charge in [0.15, 0.2) is 0 Å². The highest BCUT2D eigenvalue weighted by Gasteiger charge is 2.43. The number of nitrogens with zero attached hydrogens (tertiary/aromatic N) is 2. The standard InChI is InChI=1S/C13H27N3/c1-13(2)7-9-15(3)10-12(6-8-14)16(13)11-4-5-11/h11-12H,4-10,14H2,1-3H3. The lowest BCUT2D eigenvalue weighted by Crippen LogP contribution is -2.52. The second-order valence-electron chi connectivity index (χ2n) is 6.19. The van der Waals surface area contributed by atoms with Gasteiger partial charge in [-0.05, 0) is 59.7 Å². The van der Waals surface area contributed by atoms with Gasteiger partial charge in [-0.15, -0.1) is 0 Å². The lowest BCUT2D eigenvalue weighted by molar-refractivity contribution is 0.0627. The van der Waals surface area contributed by atoms with E-state index in [9.17, 15) is 0 Å². The van der Waals surface area contributed by atoms with Crippen LogP contribution in [0.1, 0.15) is 39.5 Å². The zero-order valence-electron chi connectivity index (χ0n) is 11.1. The van der Waals surface area contributed by atoms with E-state index in [0.29, 0.717) is 11.6 Å². The molecule has 0 radical (unpaired) electrons. The molecule has 0 amide bonds. The molecule has 2 aliphatic rings. The molecule has 2 rings (SSSR count). The Bertz CT molecular complexity index is 235. The zero-order valence-corrected chi connectivity index (χ0v) is 11.1. The van der Waals surface area contributed by atoms with E-state index in [1.807, 2.05) is 0 Å². The zero-order chi connectivity index (χ0) is 11.8. The molecule has 1 saturated heterocycles. The van der Waals surface area contributed by atoms with Crippen molar-refractivity contribution in [1.82, 2.24) is 9.80 Å². The van der Waals surface area contributed by atoms with Crippen molar-refractivity contribution in [2.45, 2.75) is 57.2 Å². The monoisotopic (exact) mass is 225 g/mol. The minimum Gasteiger partial charge on any atom is -0.330 e. The normalized spacial score (nSPS) is 32.6. The van der Waals surface area contributed by atoms with Crippen LogP contribution < -0.4 is 5.73 Å². The Hall–Kier alpha value is -0.120. The summed E-state index contributed by atoms with van der Waals surface area (Å²) in [4.78, 5) is 5.26. The van der Waals surface area contributed by atoms with Crippen molar-refractivity contribution in [2.75, 3.05) is 26.7 Å². The van der Waals surface area contributed by atoms with E-state index in [2.05, 4.69) is 30.7 Å². The van der Waals surface area contributed by atoms with Crippen LogP contribution in [-0.4, -0.2) is 54.1 Å². The van der Waals surface area contributed by atoms with Gasteiger partial charge in [0.05, 0.1) is 0 Å². The summed E-state index contributed by atoms with van der Waals surface area (Å²) >= 11 is 0. The van der Waals surface area contributed by atoms with Crippen LogP contribution in [0.25, 0.3) is 0 Å². The van der Waals surface area contributed by atoms with Gasteiger partial charge in [0, 0.05) is 24.2 Å². The third-order valence-electron chi connectivity index (χ3n) is 4.16. The fourth-order valence-electron chi connectivity index (χ4n) is 3.19. The minimum atomic E-state index is 0.353. The Morgan fingerprint density at radius 1 is 1.31 bits per heavy atom. The summed E-state index contributed by atoms with van der Waals surface area (Å²) in [5, 5.41) is 0. The maximum Gasteiger partial charge on any atom is 0.0243 e. The maximum atomic E-state index is 5.78. The van der Waals surface area contributed by atoms with E-state index >= 15 is 0 Å². The van der Waals surface area contributed by atoms with E-state index in [0.717, 1.165) is 19.0 Å². The van der Waals surface area contributed by atoms with Gasteiger partial charge in [0.2, 0.25) is 0 Å². The molecule has 1 aliphatic heterocycles. The van der Waals surface area contributed by atoms with E-state index in [4.69, 9.17) is 5.73 Å². The topological polar surface area (TPSA) is 32.5 Å². The van der Waals surface area contributed by atoms with Crippen molar-refractivity contribution in [3.63, 3.8) is 0 Å². The quantitative estimate of drug-likeness (QED) is 0.785. The highest BCUT2D eigenvalue weighted by atomic mass is 15.3. The fourth-order valence-corrected chi connectivity index (χ4v) is 3.19. The van der Waals surface area contributed by atoms with Crippen molar-refractivity contribution in [2.24, 2.45) is 5.73 Å². The number of hydrogen-bond acceptors (Lipinski definition) is 3. The van der Waals surface area contributed by atoms with Crippen LogP contribution >= 0.6 is 0 Å². The molecule has 1 saturated carbocycles. The summed E-state index contributed by atoms with van der Waals surface area (Å²) in [5.74, 6) is 0. The third-order valence-corrected chi connectivity index (χ3v) is 4.16. The average molecular weight is 225 g/mol. The molecule has 1 unspecified atom stereocenters. The van der Waals surface area contributed by atoms with Gasteiger partial charge in [-0.2, -0.15) is 0 Å². The molecule has 0 aromatic carbocycles. The first-order valence-electron chi connectivity index (χ1n) is 6.71. The van der Waals surface area contributed by atoms with Crippen molar-refractivity contribution >= 4 is 0 Å². The summed E-state index contributed by atoms with van der Waals surface area (Å²) < 4.78 is 0. The van der Waals surface area contributed by atoms with Gasteiger partial charge in [-0.1, -0.05) is 0 Å². The second-order valence-corrected chi connectivity index (χ2v) is 6.19. The van der Waals surface area contributed by atoms with E-state index in [-0.39, 0.29) is 0 Å². The SMILES string of the molecule is CN1CCC(C)(C)N(C2CC2)C(CCN)C1. The molecule has 94 valence electrons. The first-order chi connectivity index (χ1) is 7.54. The molecule has 3 heteroatoms. The number of rotatable bonds is 3. The highest BCUT2D eigenvalue weighted by Crippen LogP contribution is 2.38. The van der Waals surface area contributed by atoms with Gasteiger partial charge >= 0.3 is 0 Å². The van der Waals surface area contributed by atoms with Crippen LogP contribution in [0.15, 0.2) is 0 Å². The molecule has 1 atom stereocenters. The number of nitrogens with two attached hydrogens (primary N) is 1. The van der Waals surface area contributed by atoms with Gasteiger partial charge in [-0.25, -0.2) is 0 Å². The van der Waals surface area contributed by atoms with Gasteiger partial charge in [0.1, 0.15) is 0 Å². The predicted octanol–water partition coefficient (Wildman–Crippen LogP) is 1.28. The average Bonchev–Trinajstić information content (AvgIpc) is 2.98. The van der Waals surface area contributed by atoms with Crippen molar-refractivity contribution in [3.8, 4) is 0 Å². The fraction of sp³-hybridized carbons (Fsp3) is 1.00. The molecule has 16 heavy (non-hydrogen) atoms. The van der Waals surface area contributed by atoms with Crippen LogP contribution in [0, 0.1) is 0 Å². The van der Waals surface area contributed by atoms with Crippen molar-refractivity contribution in [1.29, 1.82) is 0 Å². The molecule has 1 aliphatic carbocycles. The van der Waals surface area contributed by atoms with E-state index < -0.39 is 0 Å². The largest absolute Gasteiger partial charge is 0.330 e. The summed E-state index contributed by atoms with van der Waals surface area (Å²) in [7, 11) is 2.25. The highest BCUT2D eigenvalue weighted by molar-refractivity contribution is 4.99. The first-order valence-corrected chi connectivity index (χ1v) is 6.71. The Balaban J connectivity index is 2.15. The van der Waals surface area contributed by atoms with E-state index in [1.165, 1.54) is 32.4 Å². The lowest BCUT2D eigenvalue weighted by atomic mass is 9.95. The van der Waals surface area contributed by atoms with Crippen LogP contribution in [0.2, 0.25) is 0 Å². The molecule has 0 aromatic heterocycles. The Kier molecular flexibility index (Phi) is 3.57. The van der Waals surface area contributed by atoms with Crippen molar-refractivity contribution < 1.29 is 0 Å².